The predicted octanol–water partition coefficient (Wildman–Crippen LogP) is 5.13. The third kappa shape index (κ3) is 7.32. The summed E-state index contributed by atoms with van der Waals surface area (Å²) in [4.78, 5) is 21.8. The molecule has 11 heteroatoms. The molecular weight excluding hydrogens is 573 g/mol. The van der Waals surface area contributed by atoms with Crippen LogP contribution in [0.5, 0.6) is 11.5 Å². The lowest BCUT2D eigenvalue weighted by molar-refractivity contribution is -0.137. The Morgan fingerprint density at radius 3 is 2.30 bits per heavy atom. The highest BCUT2D eigenvalue weighted by atomic mass is 19.4. The van der Waals surface area contributed by atoms with Gasteiger partial charge in [-0.25, -0.2) is 0 Å². The molecule has 0 unspecified atom stereocenters. The number of halogens is 3. The van der Waals surface area contributed by atoms with E-state index in [1.807, 2.05) is 42.3 Å². The van der Waals surface area contributed by atoms with E-state index in [2.05, 4.69) is 14.7 Å². The number of ether oxygens (including phenoxy) is 2. The van der Waals surface area contributed by atoms with E-state index in [0.717, 1.165) is 43.7 Å². The topological polar surface area (TPSA) is 61.6 Å². The molecular formula is C33H41F3N4O4. The van der Waals surface area contributed by atoms with E-state index in [1.54, 1.807) is 26.5 Å². The molecule has 0 bridgehead atoms. The average molecular weight is 615 g/mol. The molecule has 0 atom stereocenters. The molecule has 0 saturated carbocycles. The van der Waals surface area contributed by atoms with Crippen molar-refractivity contribution in [2.45, 2.75) is 31.0 Å². The maximum absolute atomic E-state index is 13.7. The zero-order chi connectivity index (χ0) is 31.3. The summed E-state index contributed by atoms with van der Waals surface area (Å²) in [7, 11) is 5.19. The number of benzene rings is 2. The van der Waals surface area contributed by atoms with Gasteiger partial charge in [0.15, 0.2) is 11.5 Å². The molecule has 2 fully saturated rings. The normalized spacial score (nSPS) is 17.6. The molecule has 2 aliphatic heterocycles. The molecule has 0 aliphatic carbocycles. The van der Waals surface area contributed by atoms with Crippen LogP contribution in [-0.4, -0.2) is 94.2 Å². The van der Waals surface area contributed by atoms with Gasteiger partial charge in [-0.3, -0.25) is 14.6 Å². The highest BCUT2D eigenvalue weighted by Gasteiger charge is 2.40. The number of likely N-dealkylation sites (tertiary alicyclic amines) is 1. The van der Waals surface area contributed by atoms with Crippen molar-refractivity contribution in [2.24, 2.45) is 0 Å². The number of carbonyl (C=O) groups is 1. The minimum atomic E-state index is -4.42. The van der Waals surface area contributed by atoms with Gasteiger partial charge in [-0.05, 0) is 55.8 Å². The first kappa shape index (κ1) is 31.7. The van der Waals surface area contributed by atoms with Crippen molar-refractivity contribution in [3.8, 4) is 11.5 Å². The summed E-state index contributed by atoms with van der Waals surface area (Å²) in [6, 6.07) is 15.3. The number of hydrogen-bond donors (Lipinski definition) is 0. The van der Waals surface area contributed by atoms with Crippen molar-refractivity contribution in [1.29, 1.82) is 0 Å². The first-order valence-electron chi connectivity index (χ1n) is 15.0. The number of methoxy groups -OCH3 is 2. The third-order valence-electron chi connectivity index (χ3n) is 8.92. The molecule has 2 saturated heterocycles. The van der Waals surface area contributed by atoms with E-state index in [0.29, 0.717) is 62.6 Å². The van der Waals surface area contributed by atoms with E-state index in [1.165, 1.54) is 12.1 Å². The zero-order valence-electron chi connectivity index (χ0n) is 25.6. The lowest BCUT2D eigenvalue weighted by Crippen LogP contribution is -2.53. The second kappa shape index (κ2) is 13.5. The van der Waals surface area contributed by atoms with Gasteiger partial charge >= 0.3 is 6.18 Å². The van der Waals surface area contributed by atoms with Crippen LogP contribution >= 0.6 is 0 Å². The molecule has 1 aromatic heterocycles. The molecule has 2 aromatic carbocycles. The third-order valence-corrected chi connectivity index (χ3v) is 8.92. The fourth-order valence-corrected chi connectivity index (χ4v) is 6.47. The SMILES string of the molecule is COc1ccc(N2CCN(CC(=O)N3CCC(CN(C)Cc4ccco4)(c4cccc(C(F)(F)F)c4)CC3)CC2)cc1OC. The lowest BCUT2D eigenvalue weighted by Gasteiger charge is -2.45. The van der Waals surface area contributed by atoms with Crippen LogP contribution < -0.4 is 14.4 Å². The van der Waals surface area contributed by atoms with Crippen molar-refractivity contribution in [2.75, 3.05) is 78.5 Å². The zero-order valence-corrected chi connectivity index (χ0v) is 25.6. The van der Waals surface area contributed by atoms with Gasteiger partial charge in [-0.1, -0.05) is 18.2 Å². The van der Waals surface area contributed by atoms with E-state index in [4.69, 9.17) is 13.9 Å². The van der Waals surface area contributed by atoms with Crippen LogP contribution in [0.1, 0.15) is 29.7 Å². The smallest absolute Gasteiger partial charge is 0.416 e. The molecule has 1 amide bonds. The van der Waals surface area contributed by atoms with Gasteiger partial charge < -0.3 is 23.7 Å². The highest BCUT2D eigenvalue weighted by molar-refractivity contribution is 5.78. The summed E-state index contributed by atoms with van der Waals surface area (Å²) in [5.74, 6) is 2.22. The number of furan rings is 1. The van der Waals surface area contributed by atoms with Crippen LogP contribution in [-0.2, 0) is 22.9 Å². The Kier molecular flexibility index (Phi) is 9.75. The van der Waals surface area contributed by atoms with Gasteiger partial charge in [0.05, 0.1) is 39.1 Å². The number of carbonyl (C=O) groups excluding carboxylic acids is 1. The number of amides is 1. The second-order valence-electron chi connectivity index (χ2n) is 11.8. The summed E-state index contributed by atoms with van der Waals surface area (Å²) in [6.07, 6.45) is -1.64. The van der Waals surface area contributed by atoms with E-state index in [-0.39, 0.29) is 5.91 Å². The quantitative estimate of drug-likeness (QED) is 0.314. The molecule has 3 aromatic rings. The van der Waals surface area contributed by atoms with Crippen molar-refractivity contribution in [1.82, 2.24) is 14.7 Å². The molecule has 0 radical (unpaired) electrons. The number of likely N-dealkylation sites (N-methyl/N-ethyl adjacent to an activating group) is 1. The van der Waals surface area contributed by atoms with Gasteiger partial charge in [-0.15, -0.1) is 0 Å². The first-order valence-corrected chi connectivity index (χ1v) is 15.0. The van der Waals surface area contributed by atoms with Crippen LogP contribution in [0.2, 0.25) is 0 Å². The predicted molar refractivity (Wildman–Crippen MR) is 162 cm³/mol. The maximum Gasteiger partial charge on any atom is 0.416 e. The van der Waals surface area contributed by atoms with Gasteiger partial charge in [0, 0.05) is 63.0 Å². The largest absolute Gasteiger partial charge is 0.493 e. The second-order valence-corrected chi connectivity index (χ2v) is 11.8. The van der Waals surface area contributed by atoms with Crippen LogP contribution in [0.4, 0.5) is 18.9 Å². The van der Waals surface area contributed by atoms with E-state index >= 15 is 0 Å². The summed E-state index contributed by atoms with van der Waals surface area (Å²) < 4.78 is 57.3. The van der Waals surface area contributed by atoms with Crippen LogP contribution in [0.15, 0.2) is 65.3 Å². The van der Waals surface area contributed by atoms with Crippen molar-refractivity contribution < 1.29 is 31.9 Å². The number of piperazine rings is 1. The molecule has 0 spiro atoms. The summed E-state index contributed by atoms with van der Waals surface area (Å²) in [6.45, 7) is 5.48. The summed E-state index contributed by atoms with van der Waals surface area (Å²) in [5.41, 5.74) is 0.545. The lowest BCUT2D eigenvalue weighted by atomic mass is 9.72. The standard InChI is InChI=1S/C33H41F3N4O4/c1-37(22-28-8-5-19-44-28)24-32(25-6-4-7-26(20-25)33(34,35)36)11-13-40(14-12-32)31(41)23-38-15-17-39(18-16-38)27-9-10-29(42-2)30(21-27)43-3/h4-10,19-21H,11-18,22-24H2,1-3H3. The molecule has 44 heavy (non-hydrogen) atoms. The highest BCUT2D eigenvalue weighted by Crippen LogP contribution is 2.40. The van der Waals surface area contributed by atoms with Gasteiger partial charge in [0.2, 0.25) is 5.91 Å². The van der Waals surface area contributed by atoms with Crippen molar-refractivity contribution in [3.63, 3.8) is 0 Å². The van der Waals surface area contributed by atoms with Gasteiger partial charge in [0.25, 0.3) is 0 Å². The Morgan fingerprint density at radius 2 is 1.66 bits per heavy atom. The van der Waals surface area contributed by atoms with Crippen LogP contribution in [0, 0.1) is 0 Å². The number of piperidine rings is 1. The van der Waals surface area contributed by atoms with Crippen LogP contribution in [0.3, 0.4) is 0 Å². The van der Waals surface area contributed by atoms with Gasteiger partial charge in [-0.2, -0.15) is 13.2 Å². The molecule has 238 valence electrons. The number of nitrogens with zero attached hydrogens (tertiary/aromatic N) is 4. The first-order chi connectivity index (χ1) is 21.1. The summed E-state index contributed by atoms with van der Waals surface area (Å²) in [5, 5.41) is 0. The maximum atomic E-state index is 13.7. The van der Waals surface area contributed by atoms with E-state index in [9.17, 15) is 18.0 Å². The average Bonchev–Trinajstić information content (AvgIpc) is 3.54. The monoisotopic (exact) mass is 614 g/mol. The molecule has 0 N–H and O–H groups in total. The Bertz CT molecular complexity index is 1380. The Morgan fingerprint density at radius 1 is 0.932 bits per heavy atom. The van der Waals surface area contributed by atoms with Crippen molar-refractivity contribution >= 4 is 11.6 Å². The minimum absolute atomic E-state index is 0.0612. The molecule has 8 nitrogen and oxygen atoms in total. The number of anilines is 1. The number of alkyl halides is 3. The molecule has 2 aliphatic rings. The fourth-order valence-electron chi connectivity index (χ4n) is 6.47. The number of rotatable bonds is 10. The fraction of sp³-hybridized carbons (Fsp3) is 0.485. The Balaban J connectivity index is 1.21. The molecule has 5 rings (SSSR count). The van der Waals surface area contributed by atoms with Crippen molar-refractivity contribution in [3.05, 3.63) is 77.7 Å². The van der Waals surface area contributed by atoms with E-state index < -0.39 is 17.2 Å². The Hall–Kier alpha value is -3.70. The Labute approximate surface area is 256 Å². The minimum Gasteiger partial charge on any atom is -0.493 e. The number of hydrogen-bond acceptors (Lipinski definition) is 7. The van der Waals surface area contributed by atoms with Crippen LogP contribution in [0.25, 0.3) is 0 Å². The molecule has 3 heterocycles. The van der Waals surface area contributed by atoms with Gasteiger partial charge in [0.1, 0.15) is 5.76 Å². The summed E-state index contributed by atoms with van der Waals surface area (Å²) >= 11 is 0.